The number of hydrogen-bond acceptors (Lipinski definition) is 7. The van der Waals surface area contributed by atoms with Crippen LogP contribution in [0.1, 0.15) is 5.56 Å². The van der Waals surface area contributed by atoms with Crippen molar-refractivity contribution >= 4 is 27.6 Å². The first-order valence-electron chi connectivity index (χ1n) is 9.79. The minimum absolute atomic E-state index is 0.0768. The Kier molecular flexibility index (Phi) is 5.94. The molecule has 2 aromatic rings. The van der Waals surface area contributed by atoms with Gasteiger partial charge < -0.3 is 14.4 Å². The molecule has 0 saturated carbocycles. The summed E-state index contributed by atoms with van der Waals surface area (Å²) in [6.07, 6.45) is -1.19. The minimum Gasteiger partial charge on any atom is -0.441 e. The van der Waals surface area contributed by atoms with Gasteiger partial charge in [-0.2, -0.15) is 8.42 Å². The van der Waals surface area contributed by atoms with Crippen molar-refractivity contribution in [1.82, 2.24) is 0 Å². The maximum Gasteiger partial charge on any atom is 0.414 e. The van der Waals surface area contributed by atoms with Gasteiger partial charge in [-0.25, -0.2) is 4.79 Å². The summed E-state index contributed by atoms with van der Waals surface area (Å²) in [5.41, 5.74) is 2.72. The number of anilines is 2. The Balaban J connectivity index is 1.36. The Bertz CT molecular complexity index is 985. The van der Waals surface area contributed by atoms with E-state index in [1.165, 1.54) is 17.0 Å². The van der Waals surface area contributed by atoms with E-state index in [4.69, 9.17) is 13.7 Å². The van der Waals surface area contributed by atoms with Gasteiger partial charge in [-0.05, 0) is 43.3 Å². The number of hydrogen-bond donors (Lipinski definition) is 0. The van der Waals surface area contributed by atoms with Crippen molar-refractivity contribution < 1.29 is 26.9 Å². The van der Waals surface area contributed by atoms with E-state index >= 15 is 0 Å². The van der Waals surface area contributed by atoms with Crippen molar-refractivity contribution in [3.05, 3.63) is 54.1 Å². The van der Waals surface area contributed by atoms with Crippen molar-refractivity contribution in [1.29, 1.82) is 0 Å². The first-order valence-corrected chi connectivity index (χ1v) is 11.2. The smallest absolute Gasteiger partial charge is 0.414 e. The average Bonchev–Trinajstić information content (AvgIpc) is 3.14. The van der Waals surface area contributed by atoms with Crippen molar-refractivity contribution in [2.45, 2.75) is 17.9 Å². The second-order valence-corrected chi connectivity index (χ2v) is 8.90. The van der Waals surface area contributed by atoms with Gasteiger partial charge in [0, 0.05) is 24.5 Å². The van der Waals surface area contributed by atoms with E-state index in [-0.39, 0.29) is 18.0 Å². The predicted molar refractivity (Wildman–Crippen MR) is 111 cm³/mol. The van der Waals surface area contributed by atoms with Crippen LogP contribution in [0.15, 0.2) is 53.4 Å². The van der Waals surface area contributed by atoms with Crippen LogP contribution in [0.25, 0.3) is 0 Å². The quantitative estimate of drug-likeness (QED) is 0.649. The number of carbonyl (C=O) groups excluding carboxylic acids is 1. The van der Waals surface area contributed by atoms with Crippen LogP contribution in [-0.2, 0) is 23.8 Å². The van der Waals surface area contributed by atoms with E-state index < -0.39 is 22.3 Å². The lowest BCUT2D eigenvalue weighted by molar-refractivity contribution is 0.107. The molecule has 0 radical (unpaired) electrons. The highest BCUT2D eigenvalue weighted by Crippen LogP contribution is 2.26. The van der Waals surface area contributed by atoms with Crippen LogP contribution in [0, 0.1) is 6.92 Å². The molecule has 0 aliphatic carbocycles. The molecule has 1 amide bonds. The molecule has 2 aliphatic rings. The zero-order valence-electron chi connectivity index (χ0n) is 16.7. The maximum atomic E-state index is 12.3. The molecular formula is C21H24N2O6S. The zero-order valence-corrected chi connectivity index (χ0v) is 17.5. The van der Waals surface area contributed by atoms with Gasteiger partial charge in [-0.3, -0.25) is 9.08 Å². The van der Waals surface area contributed by atoms with E-state index in [0.29, 0.717) is 18.9 Å². The molecule has 1 atom stereocenters. The van der Waals surface area contributed by atoms with Gasteiger partial charge in [0.05, 0.1) is 24.7 Å². The summed E-state index contributed by atoms with van der Waals surface area (Å²) in [6.45, 7) is 4.93. The van der Waals surface area contributed by atoms with E-state index in [1.807, 2.05) is 31.2 Å². The fourth-order valence-corrected chi connectivity index (χ4v) is 4.36. The zero-order chi connectivity index (χ0) is 21.1. The van der Waals surface area contributed by atoms with Gasteiger partial charge in [0.2, 0.25) is 0 Å². The van der Waals surface area contributed by atoms with Crippen LogP contribution < -0.4 is 9.80 Å². The summed E-state index contributed by atoms with van der Waals surface area (Å²) < 4.78 is 40.4. The second-order valence-electron chi connectivity index (χ2n) is 7.28. The van der Waals surface area contributed by atoms with Crippen LogP contribution in [0.4, 0.5) is 16.2 Å². The Labute approximate surface area is 176 Å². The topological polar surface area (TPSA) is 85.4 Å². The number of nitrogens with zero attached hydrogens (tertiary/aromatic N) is 2. The molecule has 160 valence electrons. The molecule has 8 nitrogen and oxygen atoms in total. The van der Waals surface area contributed by atoms with Crippen LogP contribution in [0.3, 0.4) is 0 Å². The lowest BCUT2D eigenvalue weighted by Crippen LogP contribution is -2.36. The Hall–Kier alpha value is -2.62. The number of rotatable bonds is 6. The summed E-state index contributed by atoms with van der Waals surface area (Å²) in [4.78, 5) is 16.1. The number of benzene rings is 2. The van der Waals surface area contributed by atoms with Gasteiger partial charge in [-0.15, -0.1) is 0 Å². The number of carbonyl (C=O) groups is 1. The van der Waals surface area contributed by atoms with Gasteiger partial charge in [-0.1, -0.05) is 17.7 Å². The fourth-order valence-electron chi connectivity index (χ4n) is 3.42. The number of morpholine rings is 1. The molecule has 2 heterocycles. The molecule has 0 N–H and O–H groups in total. The molecular weight excluding hydrogens is 408 g/mol. The van der Waals surface area contributed by atoms with Crippen molar-refractivity contribution in [3.63, 3.8) is 0 Å². The molecule has 2 aromatic carbocycles. The third-order valence-electron chi connectivity index (χ3n) is 5.13. The van der Waals surface area contributed by atoms with E-state index in [0.717, 1.165) is 24.3 Å². The lowest BCUT2D eigenvalue weighted by Gasteiger charge is -2.29. The molecule has 4 rings (SSSR count). The fraction of sp³-hybridized carbons (Fsp3) is 0.381. The predicted octanol–water partition coefficient (Wildman–Crippen LogP) is 2.56. The van der Waals surface area contributed by atoms with Gasteiger partial charge in [0.1, 0.15) is 12.7 Å². The largest absolute Gasteiger partial charge is 0.441 e. The molecule has 0 spiro atoms. The molecule has 2 aliphatic heterocycles. The lowest BCUT2D eigenvalue weighted by atomic mass is 10.2. The summed E-state index contributed by atoms with van der Waals surface area (Å²) in [5, 5.41) is 0. The van der Waals surface area contributed by atoms with Crippen LogP contribution in [0.5, 0.6) is 0 Å². The van der Waals surface area contributed by atoms with Gasteiger partial charge in [0.15, 0.2) is 0 Å². The first kappa shape index (κ1) is 20.6. The van der Waals surface area contributed by atoms with Gasteiger partial charge >= 0.3 is 6.09 Å². The van der Waals surface area contributed by atoms with E-state index in [1.54, 1.807) is 12.1 Å². The molecule has 2 saturated heterocycles. The summed E-state index contributed by atoms with van der Waals surface area (Å²) in [6, 6.07) is 14.0. The average molecular weight is 432 g/mol. The van der Waals surface area contributed by atoms with Gasteiger partial charge in [0.25, 0.3) is 10.1 Å². The highest BCUT2D eigenvalue weighted by molar-refractivity contribution is 7.86. The Morgan fingerprint density at radius 1 is 1.00 bits per heavy atom. The van der Waals surface area contributed by atoms with Crippen LogP contribution >= 0.6 is 0 Å². The maximum absolute atomic E-state index is 12.3. The number of aryl methyl sites for hydroxylation is 1. The van der Waals surface area contributed by atoms with Crippen LogP contribution in [-0.4, -0.2) is 60.1 Å². The monoisotopic (exact) mass is 432 g/mol. The first-order chi connectivity index (χ1) is 14.4. The molecule has 30 heavy (non-hydrogen) atoms. The SMILES string of the molecule is Cc1ccc(S(=O)(=O)OC[C@H]2CN(c3ccc(N4CCOCC4)cc3)C(=O)O2)cc1. The van der Waals surface area contributed by atoms with Crippen molar-refractivity contribution in [2.75, 3.05) is 49.3 Å². The minimum atomic E-state index is -3.91. The molecule has 0 aromatic heterocycles. The summed E-state index contributed by atoms with van der Waals surface area (Å²) in [7, 11) is -3.91. The summed E-state index contributed by atoms with van der Waals surface area (Å²) >= 11 is 0. The number of cyclic esters (lactones) is 1. The second kappa shape index (κ2) is 8.63. The Morgan fingerprint density at radius 2 is 1.63 bits per heavy atom. The Morgan fingerprint density at radius 3 is 2.30 bits per heavy atom. The number of ether oxygens (including phenoxy) is 2. The normalized spacial score (nSPS) is 19.8. The van der Waals surface area contributed by atoms with E-state index in [2.05, 4.69) is 4.90 Å². The third-order valence-corrected chi connectivity index (χ3v) is 6.43. The molecule has 0 unspecified atom stereocenters. The highest BCUT2D eigenvalue weighted by Gasteiger charge is 2.34. The summed E-state index contributed by atoms with van der Waals surface area (Å²) in [5.74, 6) is 0. The van der Waals surface area contributed by atoms with E-state index in [9.17, 15) is 13.2 Å². The standard InChI is InChI=1S/C21H24N2O6S/c1-16-2-8-20(9-3-16)30(25,26)28-15-19-14-23(21(24)29-19)18-6-4-17(5-7-18)22-10-12-27-13-11-22/h2-9,19H,10-15H2,1H3/t19-/m1/s1. The molecule has 9 heteroatoms. The van der Waals surface area contributed by atoms with Crippen molar-refractivity contribution in [3.8, 4) is 0 Å². The van der Waals surface area contributed by atoms with Crippen molar-refractivity contribution in [2.24, 2.45) is 0 Å². The highest BCUT2D eigenvalue weighted by atomic mass is 32.2. The van der Waals surface area contributed by atoms with Crippen LogP contribution in [0.2, 0.25) is 0 Å². The molecule has 2 fully saturated rings. The molecule has 0 bridgehead atoms. The number of amides is 1. The third kappa shape index (κ3) is 4.58.